The number of anilines is 5. The van der Waals surface area contributed by atoms with E-state index in [0.29, 0.717) is 0 Å². The number of aryl methyl sites for hydroxylation is 1. The van der Waals surface area contributed by atoms with E-state index >= 15 is 0 Å². The number of hydrogen-bond donors (Lipinski definition) is 0. The molecule has 256 valence electrons. The third kappa shape index (κ3) is 4.56. The molecule has 11 rings (SSSR count). The molecule has 54 heavy (non-hydrogen) atoms. The van der Waals surface area contributed by atoms with Crippen LogP contribution >= 0.6 is 0 Å². The Bertz CT molecular complexity index is 2900. The van der Waals surface area contributed by atoms with Gasteiger partial charge in [-0.05, 0) is 99.8 Å². The van der Waals surface area contributed by atoms with Crippen molar-refractivity contribution in [1.82, 2.24) is 0 Å². The summed E-state index contributed by atoms with van der Waals surface area (Å²) in [5, 5.41) is 4.77. The van der Waals surface area contributed by atoms with Gasteiger partial charge in [-0.3, -0.25) is 0 Å². The molecule has 4 heteroatoms. The lowest BCUT2D eigenvalue weighted by molar-refractivity contribution is 0.669. The van der Waals surface area contributed by atoms with Crippen molar-refractivity contribution in [2.75, 3.05) is 9.71 Å². The average Bonchev–Trinajstić information content (AvgIpc) is 3.62. The number of nitrogens with zero attached hydrogens (tertiary/aromatic N) is 2. The predicted octanol–water partition coefficient (Wildman–Crippen LogP) is 12.5. The van der Waals surface area contributed by atoms with Gasteiger partial charge >= 0.3 is 6.85 Å². The van der Waals surface area contributed by atoms with E-state index in [1.807, 2.05) is 0 Å². The van der Waals surface area contributed by atoms with Gasteiger partial charge in [0.25, 0.3) is 0 Å². The van der Waals surface area contributed by atoms with Gasteiger partial charge in [0.1, 0.15) is 11.2 Å². The number of unbranched alkanes of at least 4 members (excludes halogenated alkanes) is 1. The van der Waals surface area contributed by atoms with Gasteiger partial charge in [0.05, 0.1) is 16.8 Å². The Labute approximate surface area is 315 Å². The first-order valence-corrected chi connectivity index (χ1v) is 19.2. The second-order valence-corrected chi connectivity index (χ2v) is 14.7. The molecule has 0 radical (unpaired) electrons. The van der Waals surface area contributed by atoms with E-state index in [1.165, 1.54) is 78.0 Å². The number of fused-ring (bicyclic) bond motifs is 10. The van der Waals surface area contributed by atoms with Crippen molar-refractivity contribution in [3.05, 3.63) is 175 Å². The summed E-state index contributed by atoms with van der Waals surface area (Å²) in [5.41, 5.74) is 16.7. The van der Waals surface area contributed by atoms with Crippen molar-refractivity contribution in [3.63, 3.8) is 0 Å². The molecule has 9 aromatic rings. The average molecular weight is 693 g/mol. The van der Waals surface area contributed by atoms with Crippen LogP contribution < -0.4 is 20.6 Å². The Kier molecular flexibility index (Phi) is 7.06. The summed E-state index contributed by atoms with van der Waals surface area (Å²) in [6, 6.07) is 62.5. The van der Waals surface area contributed by atoms with Gasteiger partial charge in [-0.2, -0.15) is 0 Å². The normalized spacial score (nSPS) is 13.0. The molecule has 2 aliphatic heterocycles. The molecule has 0 fully saturated rings. The van der Waals surface area contributed by atoms with Crippen LogP contribution in [0.2, 0.25) is 0 Å². The maximum atomic E-state index is 6.67. The van der Waals surface area contributed by atoms with E-state index in [-0.39, 0.29) is 6.85 Å². The van der Waals surface area contributed by atoms with E-state index in [4.69, 9.17) is 4.42 Å². The molecule has 0 amide bonds. The molecule has 3 heterocycles. The van der Waals surface area contributed by atoms with Crippen LogP contribution in [-0.2, 0) is 6.42 Å². The molecule has 0 N–H and O–H groups in total. The maximum Gasteiger partial charge on any atom is 0.333 e. The first-order chi connectivity index (χ1) is 26.8. The molecule has 1 aromatic heterocycles. The molecule has 0 bridgehead atoms. The highest BCUT2D eigenvalue weighted by Gasteiger charge is 2.46. The molecule has 0 unspecified atom stereocenters. The van der Waals surface area contributed by atoms with Crippen molar-refractivity contribution < 1.29 is 4.42 Å². The molecule has 3 nitrogen and oxygen atoms in total. The third-order valence-corrected chi connectivity index (χ3v) is 11.6. The highest BCUT2D eigenvalue weighted by molar-refractivity contribution is 6.94. The summed E-state index contributed by atoms with van der Waals surface area (Å²) in [5.74, 6) is 0. The minimum atomic E-state index is -0.0924. The number of rotatable bonds is 6. The van der Waals surface area contributed by atoms with E-state index in [1.54, 1.807) is 0 Å². The first-order valence-electron chi connectivity index (χ1n) is 19.2. The summed E-state index contributed by atoms with van der Waals surface area (Å²) in [7, 11) is 0. The quantitative estimate of drug-likeness (QED) is 0.162. The van der Waals surface area contributed by atoms with Crippen LogP contribution in [0.1, 0.15) is 25.3 Å². The van der Waals surface area contributed by atoms with Gasteiger partial charge in [-0.1, -0.05) is 135 Å². The second kappa shape index (κ2) is 12.3. The van der Waals surface area contributed by atoms with Crippen molar-refractivity contribution in [2.24, 2.45) is 0 Å². The van der Waals surface area contributed by atoms with E-state index in [2.05, 4.69) is 186 Å². The van der Waals surface area contributed by atoms with Gasteiger partial charge in [0, 0.05) is 33.6 Å². The standard InChI is InChI=1S/C50H37BN2O/c1-2-3-16-33-27-29-42(40(31-33)34-17-6-4-7-18-34)52-44-32-35-19-10-11-22-37(35)47-38-23-12-14-25-43(38)53(36-20-8-5-9-21-36)51(49(44)47)41-28-30-46-48(50(41)52)39-24-13-15-26-45(39)54-46/h4-15,17-32H,2-3,16H2,1H3. The lowest BCUT2D eigenvalue weighted by Crippen LogP contribution is -2.61. The van der Waals surface area contributed by atoms with Crippen LogP contribution in [0.25, 0.3) is 55.0 Å². The van der Waals surface area contributed by atoms with Crippen molar-refractivity contribution in [2.45, 2.75) is 26.2 Å². The molecular formula is C50H37BN2O. The van der Waals surface area contributed by atoms with Crippen LogP contribution in [0.5, 0.6) is 0 Å². The zero-order chi connectivity index (χ0) is 35.8. The lowest BCUT2D eigenvalue weighted by Gasteiger charge is -2.46. The molecule has 2 aliphatic rings. The maximum absolute atomic E-state index is 6.67. The smallest absolute Gasteiger partial charge is 0.333 e. The van der Waals surface area contributed by atoms with Gasteiger partial charge in [-0.15, -0.1) is 0 Å². The first kappa shape index (κ1) is 31.1. The van der Waals surface area contributed by atoms with Crippen molar-refractivity contribution in [3.8, 4) is 22.3 Å². The third-order valence-electron chi connectivity index (χ3n) is 11.6. The second-order valence-electron chi connectivity index (χ2n) is 14.7. The minimum Gasteiger partial charge on any atom is -0.456 e. The largest absolute Gasteiger partial charge is 0.456 e. The van der Waals surface area contributed by atoms with Crippen LogP contribution in [0.15, 0.2) is 174 Å². The number of para-hydroxylation sites is 3. The summed E-state index contributed by atoms with van der Waals surface area (Å²) in [6.45, 7) is 2.18. The summed E-state index contributed by atoms with van der Waals surface area (Å²) in [4.78, 5) is 5.16. The molecule has 8 aromatic carbocycles. The summed E-state index contributed by atoms with van der Waals surface area (Å²) in [6.07, 6.45) is 3.38. The zero-order valence-corrected chi connectivity index (χ0v) is 30.2. The lowest BCUT2D eigenvalue weighted by atomic mass is 9.43. The van der Waals surface area contributed by atoms with Crippen LogP contribution in [0.4, 0.5) is 28.4 Å². The van der Waals surface area contributed by atoms with E-state index < -0.39 is 0 Å². The van der Waals surface area contributed by atoms with Gasteiger partial charge < -0.3 is 14.1 Å². The van der Waals surface area contributed by atoms with Crippen LogP contribution in [0.3, 0.4) is 0 Å². The fourth-order valence-electron chi connectivity index (χ4n) is 9.25. The Morgan fingerprint density at radius 1 is 0.574 bits per heavy atom. The highest BCUT2D eigenvalue weighted by Crippen LogP contribution is 2.52. The Balaban J connectivity index is 1.33. The van der Waals surface area contributed by atoms with Crippen LogP contribution in [0, 0.1) is 0 Å². The molecular weight excluding hydrogens is 655 g/mol. The minimum absolute atomic E-state index is 0.0924. The SMILES string of the molecule is CCCCc1ccc(N2c3cc4ccccc4c4c3B(c3ccc5oc6ccccc6c5c32)N(c2ccccc2)c2ccccc2-4)c(-c2ccccc2)c1. The monoisotopic (exact) mass is 692 g/mol. The molecule has 0 atom stereocenters. The highest BCUT2D eigenvalue weighted by atomic mass is 16.3. The Morgan fingerprint density at radius 3 is 2.17 bits per heavy atom. The number of hydrogen-bond acceptors (Lipinski definition) is 3. The number of benzene rings is 8. The molecule has 0 aliphatic carbocycles. The Morgan fingerprint density at radius 2 is 1.31 bits per heavy atom. The van der Waals surface area contributed by atoms with E-state index in [0.717, 1.165) is 41.2 Å². The van der Waals surface area contributed by atoms with Crippen molar-refractivity contribution in [1.29, 1.82) is 0 Å². The topological polar surface area (TPSA) is 19.6 Å². The van der Waals surface area contributed by atoms with Gasteiger partial charge in [0.15, 0.2) is 0 Å². The van der Waals surface area contributed by atoms with Gasteiger partial charge in [0.2, 0.25) is 0 Å². The van der Waals surface area contributed by atoms with Gasteiger partial charge in [-0.25, -0.2) is 0 Å². The predicted molar refractivity (Wildman–Crippen MR) is 229 cm³/mol. The Hall–Kier alpha value is -6.52. The van der Waals surface area contributed by atoms with E-state index in [9.17, 15) is 0 Å². The van der Waals surface area contributed by atoms with Crippen molar-refractivity contribution >= 4 is 78.9 Å². The summed E-state index contributed by atoms with van der Waals surface area (Å²) < 4.78 is 6.67. The number of furan rings is 1. The molecule has 0 saturated heterocycles. The zero-order valence-electron chi connectivity index (χ0n) is 30.2. The molecule has 0 saturated carbocycles. The fraction of sp³-hybridized carbons (Fsp3) is 0.0800. The summed E-state index contributed by atoms with van der Waals surface area (Å²) >= 11 is 0. The van der Waals surface area contributed by atoms with Crippen LogP contribution in [-0.4, -0.2) is 6.85 Å². The molecule has 0 spiro atoms. The fourth-order valence-corrected chi connectivity index (χ4v) is 9.25.